The highest BCUT2D eigenvalue weighted by Crippen LogP contribution is 2.45. The van der Waals surface area contributed by atoms with Crippen molar-refractivity contribution >= 4 is 15.8 Å². The highest BCUT2D eigenvalue weighted by atomic mass is 32.2. The Kier molecular flexibility index (Phi) is 6.87. The second-order valence-corrected chi connectivity index (χ2v) is 9.55. The maximum absolute atomic E-state index is 12.3. The van der Waals surface area contributed by atoms with Gasteiger partial charge in [-0.25, -0.2) is 8.42 Å². The normalized spacial score (nSPS) is 17.2. The van der Waals surface area contributed by atoms with E-state index in [-0.39, 0.29) is 5.75 Å². The lowest BCUT2D eigenvalue weighted by Crippen LogP contribution is -2.47. The molecule has 0 heterocycles. The molecule has 6 heteroatoms. The zero-order valence-corrected chi connectivity index (χ0v) is 16.4. The van der Waals surface area contributed by atoms with Crippen LogP contribution in [0.3, 0.4) is 0 Å². The van der Waals surface area contributed by atoms with Crippen molar-refractivity contribution in [3.8, 4) is 0 Å². The summed E-state index contributed by atoms with van der Waals surface area (Å²) in [4.78, 5) is 4.59. The van der Waals surface area contributed by atoms with Gasteiger partial charge in [0.2, 0.25) is 0 Å². The Morgan fingerprint density at radius 3 is 2.40 bits per heavy atom. The number of hydrogen-bond acceptors (Lipinski definition) is 3. The number of hydrogen-bond donors (Lipinski definition) is 2. The van der Waals surface area contributed by atoms with Crippen LogP contribution < -0.4 is 10.6 Å². The summed E-state index contributed by atoms with van der Waals surface area (Å²) in [6.07, 6.45) is 5.05. The van der Waals surface area contributed by atoms with Crippen LogP contribution in [-0.4, -0.2) is 40.3 Å². The van der Waals surface area contributed by atoms with Crippen LogP contribution in [0.25, 0.3) is 0 Å². The molecule has 1 aliphatic rings. The van der Waals surface area contributed by atoms with E-state index in [9.17, 15) is 8.42 Å². The van der Waals surface area contributed by atoms with E-state index < -0.39 is 9.84 Å². The van der Waals surface area contributed by atoms with E-state index in [1.807, 2.05) is 6.07 Å². The van der Waals surface area contributed by atoms with Crippen LogP contribution in [0, 0.1) is 11.3 Å². The minimum Gasteiger partial charge on any atom is -0.356 e. The van der Waals surface area contributed by atoms with Gasteiger partial charge in [0, 0.05) is 20.1 Å². The Hall–Kier alpha value is -1.56. The van der Waals surface area contributed by atoms with Crippen molar-refractivity contribution in [2.45, 2.75) is 44.4 Å². The van der Waals surface area contributed by atoms with Crippen molar-refractivity contribution in [3.05, 3.63) is 30.3 Å². The summed E-state index contributed by atoms with van der Waals surface area (Å²) >= 11 is 0. The minimum absolute atomic E-state index is 0.0504. The first-order chi connectivity index (χ1) is 11.9. The molecular weight excluding hydrogens is 334 g/mol. The van der Waals surface area contributed by atoms with Crippen LogP contribution in [0.2, 0.25) is 0 Å². The van der Waals surface area contributed by atoms with Crippen LogP contribution in [0.1, 0.15) is 39.5 Å². The first kappa shape index (κ1) is 19.8. The van der Waals surface area contributed by atoms with Crippen molar-refractivity contribution in [2.75, 3.05) is 25.9 Å². The first-order valence-corrected chi connectivity index (χ1v) is 10.7. The molecule has 1 aromatic rings. The molecule has 1 aromatic carbocycles. The third-order valence-corrected chi connectivity index (χ3v) is 6.61. The molecule has 0 aromatic heterocycles. The van der Waals surface area contributed by atoms with Gasteiger partial charge in [0.1, 0.15) is 0 Å². The van der Waals surface area contributed by atoms with Gasteiger partial charge in [0.25, 0.3) is 0 Å². The summed E-state index contributed by atoms with van der Waals surface area (Å²) in [5.41, 5.74) is 0.377. The number of nitrogens with zero attached hydrogens (tertiary/aromatic N) is 1. The lowest BCUT2D eigenvalue weighted by molar-refractivity contribution is 0.104. The lowest BCUT2D eigenvalue weighted by Gasteiger charge is -2.43. The number of benzene rings is 1. The predicted molar refractivity (Wildman–Crippen MR) is 104 cm³/mol. The Labute approximate surface area is 152 Å². The first-order valence-electron chi connectivity index (χ1n) is 9.09. The number of guanidine groups is 1. The maximum atomic E-state index is 12.3. The van der Waals surface area contributed by atoms with Crippen LogP contribution in [-0.2, 0) is 9.84 Å². The molecule has 140 valence electrons. The molecule has 0 spiro atoms. The van der Waals surface area contributed by atoms with Crippen LogP contribution in [0.15, 0.2) is 40.2 Å². The van der Waals surface area contributed by atoms with Gasteiger partial charge >= 0.3 is 0 Å². The fourth-order valence-electron chi connectivity index (χ4n) is 3.54. The summed E-state index contributed by atoms with van der Waals surface area (Å²) in [5.74, 6) is 1.42. The van der Waals surface area contributed by atoms with Crippen molar-refractivity contribution in [1.29, 1.82) is 0 Å². The molecular formula is C19H31N3O2S. The van der Waals surface area contributed by atoms with Crippen LogP contribution in [0.5, 0.6) is 0 Å². The second-order valence-electron chi connectivity index (χ2n) is 7.44. The van der Waals surface area contributed by atoms with Gasteiger partial charge in [-0.1, -0.05) is 38.5 Å². The minimum atomic E-state index is -3.26. The second kappa shape index (κ2) is 8.70. The molecule has 1 saturated carbocycles. The fourth-order valence-corrected chi connectivity index (χ4v) is 4.72. The largest absolute Gasteiger partial charge is 0.356 e. The quantitative estimate of drug-likeness (QED) is 0.549. The third-order valence-electron chi connectivity index (χ3n) is 4.88. The van der Waals surface area contributed by atoms with Crippen molar-refractivity contribution in [1.82, 2.24) is 10.6 Å². The molecule has 0 bridgehead atoms. The van der Waals surface area contributed by atoms with Gasteiger partial charge in [-0.05, 0) is 42.7 Å². The Morgan fingerprint density at radius 1 is 1.20 bits per heavy atom. The van der Waals surface area contributed by atoms with Gasteiger partial charge in [-0.2, -0.15) is 0 Å². The summed E-state index contributed by atoms with van der Waals surface area (Å²) in [7, 11) is -1.54. The van der Waals surface area contributed by atoms with E-state index >= 15 is 0 Å². The highest BCUT2D eigenvalue weighted by Gasteiger charge is 2.37. The van der Waals surface area contributed by atoms with Gasteiger partial charge < -0.3 is 10.6 Å². The SMILES string of the molecule is CN=C(NCCS(=O)(=O)c1ccccc1)NCC1(CC(C)C)CCC1. The molecule has 5 nitrogen and oxygen atoms in total. The van der Waals surface area contributed by atoms with E-state index in [2.05, 4.69) is 29.5 Å². The number of sulfone groups is 1. The summed E-state index contributed by atoms with van der Waals surface area (Å²) < 4.78 is 24.6. The van der Waals surface area contributed by atoms with Crippen molar-refractivity contribution in [3.63, 3.8) is 0 Å². The topological polar surface area (TPSA) is 70.6 Å². The van der Waals surface area contributed by atoms with E-state index in [0.29, 0.717) is 28.7 Å². The average molecular weight is 366 g/mol. The van der Waals surface area contributed by atoms with E-state index in [4.69, 9.17) is 0 Å². The van der Waals surface area contributed by atoms with E-state index in [0.717, 1.165) is 6.54 Å². The zero-order valence-electron chi connectivity index (χ0n) is 15.6. The van der Waals surface area contributed by atoms with Crippen molar-refractivity contribution in [2.24, 2.45) is 16.3 Å². The third kappa shape index (κ3) is 5.73. The van der Waals surface area contributed by atoms with Crippen molar-refractivity contribution < 1.29 is 8.42 Å². The monoisotopic (exact) mass is 365 g/mol. The summed E-state index contributed by atoms with van der Waals surface area (Å²) in [6, 6.07) is 8.57. The Morgan fingerprint density at radius 2 is 1.88 bits per heavy atom. The highest BCUT2D eigenvalue weighted by molar-refractivity contribution is 7.91. The molecule has 2 rings (SSSR count). The maximum Gasteiger partial charge on any atom is 0.191 e. The molecule has 1 aliphatic carbocycles. The smallest absolute Gasteiger partial charge is 0.191 e. The fraction of sp³-hybridized carbons (Fsp3) is 0.632. The molecule has 1 fully saturated rings. The Bertz CT molecular complexity index is 665. The van der Waals surface area contributed by atoms with Gasteiger partial charge in [0.05, 0.1) is 10.6 Å². The summed E-state index contributed by atoms with van der Waals surface area (Å²) in [6.45, 7) is 5.77. The number of aliphatic imine (C=N–C) groups is 1. The van der Waals surface area contributed by atoms with Gasteiger partial charge in [0.15, 0.2) is 15.8 Å². The average Bonchev–Trinajstić information content (AvgIpc) is 2.55. The standard InChI is InChI=1S/C19H31N3O2S/c1-16(2)14-19(10-7-11-19)15-22-18(20-3)21-12-13-25(23,24)17-8-5-4-6-9-17/h4-6,8-9,16H,7,10-15H2,1-3H3,(H2,20,21,22). The summed E-state index contributed by atoms with van der Waals surface area (Å²) in [5, 5.41) is 6.52. The molecule has 25 heavy (non-hydrogen) atoms. The van der Waals surface area contributed by atoms with Gasteiger partial charge in [-0.15, -0.1) is 0 Å². The molecule has 0 saturated heterocycles. The molecule has 0 atom stereocenters. The molecule has 0 radical (unpaired) electrons. The number of rotatable bonds is 8. The van der Waals surface area contributed by atoms with Crippen LogP contribution >= 0.6 is 0 Å². The molecule has 0 amide bonds. The molecule has 2 N–H and O–H groups in total. The molecule has 0 aliphatic heterocycles. The van der Waals surface area contributed by atoms with Gasteiger partial charge in [-0.3, -0.25) is 4.99 Å². The van der Waals surface area contributed by atoms with E-state index in [1.54, 1.807) is 31.3 Å². The lowest BCUT2D eigenvalue weighted by atomic mass is 9.64. The number of nitrogens with one attached hydrogen (secondary N) is 2. The Balaban J connectivity index is 1.81. The van der Waals surface area contributed by atoms with E-state index in [1.165, 1.54) is 25.7 Å². The predicted octanol–water partition coefficient (Wildman–Crippen LogP) is 2.84. The zero-order chi connectivity index (χ0) is 18.3. The van der Waals surface area contributed by atoms with Crippen LogP contribution in [0.4, 0.5) is 0 Å². The molecule has 0 unspecified atom stereocenters.